The smallest absolute Gasteiger partial charge is 0.326 e. The van der Waals surface area contributed by atoms with E-state index in [1.165, 1.54) is 37.9 Å². The molecule has 0 heterocycles. The first-order valence-corrected chi connectivity index (χ1v) is 9.75. The van der Waals surface area contributed by atoms with Crippen molar-refractivity contribution in [1.29, 1.82) is 0 Å². The van der Waals surface area contributed by atoms with Crippen LogP contribution in [0, 0.1) is 5.92 Å². The molecule has 2 saturated carbocycles. The molecule has 0 amide bonds. The summed E-state index contributed by atoms with van der Waals surface area (Å²) in [5.41, 5.74) is -0.414. The second-order valence-electron chi connectivity index (χ2n) is 6.45. The fraction of sp³-hybridized carbons (Fsp3) is 0.941. The number of nitrogens with one attached hydrogen (secondary N) is 1. The maximum absolute atomic E-state index is 12.4. The average molecular weight is 314 g/mol. The number of ether oxygens (including phenoxy) is 1. The standard InChI is InChI=1S/C17H31NO2S/c1-3-20-16(19)17(18-2)12-7-8-14(17)11-13-21-15-9-5-4-6-10-15/h14-15,18H,3-13H2,1-2H3. The molecule has 2 rings (SSSR count). The highest BCUT2D eigenvalue weighted by Gasteiger charge is 2.48. The van der Waals surface area contributed by atoms with Crippen molar-refractivity contribution in [1.82, 2.24) is 5.32 Å². The molecule has 0 aliphatic heterocycles. The van der Waals surface area contributed by atoms with Crippen LogP contribution >= 0.6 is 11.8 Å². The maximum atomic E-state index is 12.4. The largest absolute Gasteiger partial charge is 0.465 e. The second kappa shape index (κ2) is 8.42. The summed E-state index contributed by atoms with van der Waals surface area (Å²) in [6.45, 7) is 2.37. The highest BCUT2D eigenvalue weighted by atomic mass is 32.2. The summed E-state index contributed by atoms with van der Waals surface area (Å²) in [6, 6.07) is 0. The molecule has 0 spiro atoms. The lowest BCUT2D eigenvalue weighted by Gasteiger charge is -2.33. The van der Waals surface area contributed by atoms with Crippen LogP contribution in [-0.4, -0.2) is 36.2 Å². The predicted octanol–water partition coefficient (Wildman–Crippen LogP) is 3.76. The van der Waals surface area contributed by atoms with Gasteiger partial charge in [0.15, 0.2) is 0 Å². The Morgan fingerprint density at radius 1 is 1.24 bits per heavy atom. The SMILES string of the molecule is CCOC(=O)C1(NC)CCCC1CCSC1CCCCC1. The van der Waals surface area contributed by atoms with Crippen LogP contribution in [0.5, 0.6) is 0 Å². The molecule has 2 unspecified atom stereocenters. The first-order valence-electron chi connectivity index (χ1n) is 8.70. The zero-order valence-electron chi connectivity index (χ0n) is 13.7. The number of esters is 1. The Bertz CT molecular complexity index is 331. The van der Waals surface area contributed by atoms with Crippen molar-refractivity contribution in [3.05, 3.63) is 0 Å². The van der Waals surface area contributed by atoms with Gasteiger partial charge in [0, 0.05) is 5.25 Å². The fourth-order valence-corrected chi connectivity index (χ4v) is 5.46. The van der Waals surface area contributed by atoms with Gasteiger partial charge >= 0.3 is 5.97 Å². The average Bonchev–Trinajstić information content (AvgIpc) is 2.93. The van der Waals surface area contributed by atoms with Crippen molar-refractivity contribution < 1.29 is 9.53 Å². The Hall–Kier alpha value is -0.220. The molecule has 21 heavy (non-hydrogen) atoms. The monoisotopic (exact) mass is 313 g/mol. The van der Waals surface area contributed by atoms with E-state index in [1.54, 1.807) is 0 Å². The van der Waals surface area contributed by atoms with E-state index in [0.717, 1.165) is 30.9 Å². The lowest BCUT2D eigenvalue weighted by Crippen LogP contribution is -2.54. The van der Waals surface area contributed by atoms with E-state index in [2.05, 4.69) is 17.1 Å². The molecule has 2 aliphatic carbocycles. The van der Waals surface area contributed by atoms with Gasteiger partial charge in [0.1, 0.15) is 5.54 Å². The van der Waals surface area contributed by atoms with Gasteiger partial charge < -0.3 is 10.1 Å². The van der Waals surface area contributed by atoms with Crippen molar-refractivity contribution in [2.45, 2.75) is 75.5 Å². The van der Waals surface area contributed by atoms with E-state index in [9.17, 15) is 4.79 Å². The molecule has 0 bridgehead atoms. The van der Waals surface area contributed by atoms with Crippen LogP contribution in [0.3, 0.4) is 0 Å². The molecule has 0 saturated heterocycles. The van der Waals surface area contributed by atoms with E-state index < -0.39 is 5.54 Å². The van der Waals surface area contributed by atoms with Gasteiger partial charge in [-0.2, -0.15) is 11.8 Å². The number of thioether (sulfide) groups is 1. The van der Waals surface area contributed by atoms with E-state index in [-0.39, 0.29) is 5.97 Å². The van der Waals surface area contributed by atoms with Gasteiger partial charge in [-0.05, 0) is 57.7 Å². The number of carbonyl (C=O) groups is 1. The quantitative estimate of drug-likeness (QED) is 0.726. The molecule has 2 aliphatic rings. The van der Waals surface area contributed by atoms with E-state index >= 15 is 0 Å². The third kappa shape index (κ3) is 4.16. The molecule has 1 N–H and O–H groups in total. The normalized spacial score (nSPS) is 30.5. The lowest BCUT2D eigenvalue weighted by atomic mass is 9.85. The molecule has 2 fully saturated rings. The van der Waals surface area contributed by atoms with Crippen LogP contribution in [0.4, 0.5) is 0 Å². The molecule has 0 aromatic rings. The van der Waals surface area contributed by atoms with Gasteiger partial charge in [-0.3, -0.25) is 4.79 Å². The molecular formula is C17H31NO2S. The highest BCUT2D eigenvalue weighted by Crippen LogP contribution is 2.40. The van der Waals surface area contributed by atoms with Gasteiger partial charge in [0.05, 0.1) is 6.61 Å². The number of hydrogen-bond donors (Lipinski definition) is 1. The van der Waals surface area contributed by atoms with Gasteiger partial charge in [-0.15, -0.1) is 0 Å². The van der Waals surface area contributed by atoms with Crippen LogP contribution < -0.4 is 5.32 Å². The van der Waals surface area contributed by atoms with Gasteiger partial charge in [-0.25, -0.2) is 0 Å². The zero-order chi connectivity index (χ0) is 15.1. The van der Waals surface area contributed by atoms with Crippen LogP contribution in [0.2, 0.25) is 0 Å². The molecule has 4 heteroatoms. The topological polar surface area (TPSA) is 38.3 Å². The highest BCUT2D eigenvalue weighted by molar-refractivity contribution is 7.99. The summed E-state index contributed by atoms with van der Waals surface area (Å²) < 4.78 is 5.34. The van der Waals surface area contributed by atoms with Gasteiger partial charge in [0.2, 0.25) is 0 Å². The minimum absolute atomic E-state index is 0.0299. The maximum Gasteiger partial charge on any atom is 0.326 e. The predicted molar refractivity (Wildman–Crippen MR) is 89.7 cm³/mol. The van der Waals surface area contributed by atoms with Crippen LogP contribution in [-0.2, 0) is 9.53 Å². The molecule has 122 valence electrons. The summed E-state index contributed by atoms with van der Waals surface area (Å²) >= 11 is 2.14. The Morgan fingerprint density at radius 2 is 2.00 bits per heavy atom. The van der Waals surface area contributed by atoms with Crippen LogP contribution in [0.25, 0.3) is 0 Å². The van der Waals surface area contributed by atoms with Crippen molar-refractivity contribution >= 4 is 17.7 Å². The Morgan fingerprint density at radius 3 is 2.67 bits per heavy atom. The minimum atomic E-state index is -0.414. The first kappa shape index (κ1) is 17.1. The van der Waals surface area contributed by atoms with Crippen molar-refractivity contribution in [3.8, 4) is 0 Å². The van der Waals surface area contributed by atoms with Crippen molar-refractivity contribution in [3.63, 3.8) is 0 Å². The van der Waals surface area contributed by atoms with Crippen molar-refractivity contribution in [2.75, 3.05) is 19.4 Å². The minimum Gasteiger partial charge on any atom is -0.465 e. The second-order valence-corrected chi connectivity index (χ2v) is 7.86. The van der Waals surface area contributed by atoms with Gasteiger partial charge in [-0.1, -0.05) is 25.7 Å². The third-order valence-corrected chi connectivity index (χ3v) is 6.69. The van der Waals surface area contributed by atoms with Crippen molar-refractivity contribution in [2.24, 2.45) is 5.92 Å². The number of rotatable bonds is 7. The van der Waals surface area contributed by atoms with E-state index in [1.807, 2.05) is 14.0 Å². The summed E-state index contributed by atoms with van der Waals surface area (Å²) in [5, 5.41) is 4.18. The van der Waals surface area contributed by atoms with Gasteiger partial charge in [0.25, 0.3) is 0 Å². The Balaban J connectivity index is 1.83. The zero-order valence-corrected chi connectivity index (χ0v) is 14.5. The number of likely N-dealkylation sites (N-methyl/N-ethyl adjacent to an activating group) is 1. The lowest BCUT2D eigenvalue weighted by molar-refractivity contribution is -0.152. The molecule has 0 aromatic carbocycles. The summed E-state index contributed by atoms with van der Waals surface area (Å²) in [4.78, 5) is 12.4. The third-order valence-electron chi connectivity index (χ3n) is 5.28. The molecule has 0 radical (unpaired) electrons. The summed E-state index contributed by atoms with van der Waals surface area (Å²) in [7, 11) is 1.92. The summed E-state index contributed by atoms with van der Waals surface area (Å²) in [6.07, 6.45) is 11.4. The van der Waals surface area contributed by atoms with Crippen LogP contribution in [0.15, 0.2) is 0 Å². The Kier molecular flexibility index (Phi) is 6.87. The number of carbonyl (C=O) groups excluding carboxylic acids is 1. The Labute approximate surface area is 134 Å². The number of hydrogen-bond acceptors (Lipinski definition) is 4. The molecule has 0 aromatic heterocycles. The fourth-order valence-electron chi connectivity index (χ4n) is 4.04. The van der Waals surface area contributed by atoms with E-state index in [4.69, 9.17) is 4.74 Å². The molecule has 2 atom stereocenters. The summed E-state index contributed by atoms with van der Waals surface area (Å²) in [5.74, 6) is 1.60. The molecule has 3 nitrogen and oxygen atoms in total. The molecular weight excluding hydrogens is 282 g/mol. The first-order chi connectivity index (χ1) is 10.2. The van der Waals surface area contributed by atoms with E-state index in [0.29, 0.717) is 12.5 Å². The van der Waals surface area contributed by atoms with Crippen LogP contribution in [0.1, 0.15) is 64.7 Å².